The first-order valence-electron chi connectivity index (χ1n) is 11.5. The summed E-state index contributed by atoms with van der Waals surface area (Å²) in [6.07, 6.45) is 0.0331. The predicted octanol–water partition coefficient (Wildman–Crippen LogP) is 4.73. The first-order valence-corrected chi connectivity index (χ1v) is 12.3. The topological polar surface area (TPSA) is 81.5 Å². The van der Waals surface area contributed by atoms with Gasteiger partial charge < -0.3 is 19.9 Å². The molecule has 0 radical (unpaired) electrons. The molecule has 3 aromatic rings. The average Bonchev–Trinajstić information content (AvgIpc) is 3.23. The van der Waals surface area contributed by atoms with E-state index in [9.17, 15) is 10.1 Å². The molecule has 1 fully saturated rings. The number of hydrogen-bond donors (Lipinski definition) is 1. The largest absolute Gasteiger partial charge is 0.444 e. The van der Waals surface area contributed by atoms with E-state index in [1.807, 2.05) is 51.1 Å². The van der Waals surface area contributed by atoms with E-state index in [1.54, 1.807) is 17.4 Å². The number of nitriles is 1. The summed E-state index contributed by atoms with van der Waals surface area (Å²) in [6.45, 7) is 9.54. The van der Waals surface area contributed by atoms with Crippen molar-refractivity contribution in [2.45, 2.75) is 38.8 Å². The lowest BCUT2D eigenvalue weighted by atomic mass is 10.0. The number of alkyl carbamates (subject to hydrolysis) is 1. The van der Waals surface area contributed by atoms with Crippen LogP contribution in [0.3, 0.4) is 0 Å². The number of nitrogens with zero attached hydrogens (tertiary/aromatic N) is 4. The molecule has 1 N–H and O–H groups in total. The second kappa shape index (κ2) is 10.00. The molecule has 1 amide bonds. The number of thiazole rings is 1. The van der Waals surface area contributed by atoms with Gasteiger partial charge in [-0.3, -0.25) is 0 Å². The number of benzene rings is 2. The van der Waals surface area contributed by atoms with E-state index >= 15 is 0 Å². The molecule has 1 atom stereocenters. The highest BCUT2D eigenvalue weighted by Crippen LogP contribution is 2.35. The number of aromatic nitrogens is 1. The van der Waals surface area contributed by atoms with Gasteiger partial charge in [-0.15, -0.1) is 11.3 Å². The number of hydrogen-bond acceptors (Lipinski definition) is 7. The smallest absolute Gasteiger partial charge is 0.408 e. The Hall–Kier alpha value is -3.15. The highest BCUT2D eigenvalue weighted by molar-refractivity contribution is 7.19. The number of nitrogens with one attached hydrogen (secondary N) is 1. The van der Waals surface area contributed by atoms with Crippen molar-refractivity contribution >= 4 is 33.3 Å². The summed E-state index contributed by atoms with van der Waals surface area (Å²) >= 11 is 1.61. The van der Waals surface area contributed by atoms with Crippen molar-refractivity contribution in [3.8, 4) is 6.07 Å². The lowest BCUT2D eigenvalue weighted by molar-refractivity contribution is 0.0503. The third-order valence-corrected chi connectivity index (χ3v) is 6.95. The molecule has 4 rings (SSSR count). The van der Waals surface area contributed by atoms with Crippen LogP contribution in [0.1, 0.15) is 42.9 Å². The molecular weight excluding hydrogens is 446 g/mol. The molecule has 0 aliphatic carbocycles. The van der Waals surface area contributed by atoms with E-state index < -0.39 is 11.7 Å². The molecule has 0 bridgehead atoms. The van der Waals surface area contributed by atoms with Gasteiger partial charge in [-0.2, -0.15) is 5.26 Å². The maximum atomic E-state index is 12.7. The maximum absolute atomic E-state index is 12.7. The Balaban J connectivity index is 1.67. The van der Waals surface area contributed by atoms with Crippen LogP contribution >= 0.6 is 11.3 Å². The van der Waals surface area contributed by atoms with Crippen LogP contribution in [0.25, 0.3) is 10.2 Å². The van der Waals surface area contributed by atoms with Gasteiger partial charge in [0.2, 0.25) is 0 Å². The molecule has 0 saturated carbocycles. The fourth-order valence-electron chi connectivity index (χ4n) is 4.05. The second-order valence-corrected chi connectivity index (χ2v) is 10.7. The Kier molecular flexibility index (Phi) is 7.05. The maximum Gasteiger partial charge on any atom is 0.408 e. The van der Waals surface area contributed by atoms with Crippen molar-refractivity contribution in [3.63, 3.8) is 0 Å². The van der Waals surface area contributed by atoms with E-state index in [0.717, 1.165) is 47.0 Å². The zero-order valence-electron chi connectivity index (χ0n) is 20.2. The minimum absolute atomic E-state index is 0.374. The number of ether oxygens (including phenoxy) is 1. The van der Waals surface area contributed by atoms with Crippen molar-refractivity contribution in [2.75, 3.05) is 38.1 Å². The lowest BCUT2D eigenvalue weighted by Crippen LogP contribution is -2.44. The molecule has 0 spiro atoms. The van der Waals surface area contributed by atoms with Gasteiger partial charge >= 0.3 is 6.09 Å². The van der Waals surface area contributed by atoms with Crippen LogP contribution in [0.5, 0.6) is 0 Å². The van der Waals surface area contributed by atoms with Crippen LogP contribution in [0.15, 0.2) is 42.5 Å². The molecule has 7 nitrogen and oxygen atoms in total. The monoisotopic (exact) mass is 477 g/mol. The predicted molar refractivity (Wildman–Crippen MR) is 136 cm³/mol. The normalized spacial score (nSPS) is 15.7. The molecule has 2 aromatic carbocycles. The van der Waals surface area contributed by atoms with Gasteiger partial charge in [0.05, 0.1) is 33.6 Å². The van der Waals surface area contributed by atoms with Gasteiger partial charge in [0.25, 0.3) is 0 Å². The quantitative estimate of drug-likeness (QED) is 0.572. The minimum atomic E-state index is -0.600. The summed E-state index contributed by atoms with van der Waals surface area (Å²) in [7, 11) is 2.15. The van der Waals surface area contributed by atoms with Crippen LogP contribution in [-0.2, 0) is 11.2 Å². The van der Waals surface area contributed by atoms with Gasteiger partial charge in [0, 0.05) is 26.2 Å². The number of carbonyl (C=O) groups is 1. The summed E-state index contributed by atoms with van der Waals surface area (Å²) in [5.74, 6) is 0. The summed E-state index contributed by atoms with van der Waals surface area (Å²) in [5.41, 5.74) is 3.07. The number of rotatable bonds is 5. The first-order chi connectivity index (χ1) is 16.2. The Morgan fingerprint density at radius 1 is 1.21 bits per heavy atom. The van der Waals surface area contributed by atoms with Gasteiger partial charge in [-0.05, 0) is 64.1 Å². The molecule has 178 valence electrons. The zero-order chi connectivity index (χ0) is 24.3. The summed E-state index contributed by atoms with van der Waals surface area (Å²) in [5, 5.41) is 13.1. The number of fused-ring (bicyclic) bond motifs is 1. The summed E-state index contributed by atoms with van der Waals surface area (Å²) < 4.78 is 6.67. The van der Waals surface area contributed by atoms with Gasteiger partial charge in [-0.25, -0.2) is 9.78 Å². The number of likely N-dealkylation sites (N-methyl/N-ethyl adjacent to an activating group) is 1. The van der Waals surface area contributed by atoms with Crippen LogP contribution in [0.2, 0.25) is 0 Å². The Morgan fingerprint density at radius 3 is 2.65 bits per heavy atom. The third-order valence-electron chi connectivity index (χ3n) is 5.74. The molecule has 1 unspecified atom stereocenters. The molecule has 1 aliphatic rings. The zero-order valence-corrected chi connectivity index (χ0v) is 21.0. The van der Waals surface area contributed by atoms with Crippen molar-refractivity contribution < 1.29 is 9.53 Å². The van der Waals surface area contributed by atoms with E-state index in [4.69, 9.17) is 9.72 Å². The Morgan fingerprint density at radius 2 is 1.94 bits per heavy atom. The molecule has 34 heavy (non-hydrogen) atoms. The van der Waals surface area contributed by atoms with Crippen LogP contribution < -0.4 is 10.2 Å². The summed E-state index contributed by atoms with van der Waals surface area (Å²) in [6, 6.07) is 15.5. The average molecular weight is 478 g/mol. The number of carbonyl (C=O) groups excluding carboxylic acids is 1. The van der Waals surface area contributed by atoms with Crippen LogP contribution in [0, 0.1) is 11.3 Å². The van der Waals surface area contributed by atoms with Crippen molar-refractivity contribution in [2.24, 2.45) is 0 Å². The second-order valence-electron chi connectivity index (χ2n) is 9.68. The number of amides is 1. The summed E-state index contributed by atoms with van der Waals surface area (Å²) in [4.78, 5) is 22.4. The Bertz CT molecular complexity index is 1200. The van der Waals surface area contributed by atoms with Crippen molar-refractivity contribution in [1.82, 2.24) is 15.2 Å². The number of piperazine rings is 1. The molecule has 1 saturated heterocycles. The molecule has 8 heteroatoms. The fraction of sp³-hybridized carbons (Fsp3) is 0.423. The van der Waals surface area contributed by atoms with Gasteiger partial charge in [0.15, 0.2) is 0 Å². The van der Waals surface area contributed by atoms with Crippen LogP contribution in [0.4, 0.5) is 10.5 Å². The van der Waals surface area contributed by atoms with Crippen molar-refractivity contribution in [1.29, 1.82) is 5.26 Å². The van der Waals surface area contributed by atoms with Gasteiger partial charge in [-0.1, -0.05) is 18.2 Å². The highest BCUT2D eigenvalue weighted by Gasteiger charge is 2.25. The Labute approximate surface area is 205 Å². The first kappa shape index (κ1) is 24.0. The van der Waals surface area contributed by atoms with E-state index in [0.29, 0.717) is 12.0 Å². The number of anilines is 1. The van der Waals surface area contributed by atoms with E-state index in [1.165, 1.54) is 5.69 Å². The molecule has 1 aromatic heterocycles. The molecule has 2 heterocycles. The van der Waals surface area contributed by atoms with E-state index in [-0.39, 0.29) is 6.04 Å². The molecule has 1 aliphatic heterocycles. The minimum Gasteiger partial charge on any atom is -0.444 e. The molecular formula is C26H31N5O2S. The van der Waals surface area contributed by atoms with Crippen molar-refractivity contribution in [3.05, 3.63) is 58.6 Å². The lowest BCUT2D eigenvalue weighted by Gasteiger charge is -2.34. The van der Waals surface area contributed by atoms with Crippen LogP contribution in [-0.4, -0.2) is 54.8 Å². The fourth-order valence-corrected chi connectivity index (χ4v) is 5.21. The highest BCUT2D eigenvalue weighted by atomic mass is 32.1. The standard InChI is InChI=1S/C26H31N5O2S/c1-26(2,3)33-25(32)29-21(16-18-7-5-8-19(15-18)17-27)24-28-20-9-6-10-22(23(20)34-24)31-13-11-30(4)12-14-31/h5-10,15,21H,11-14,16H2,1-4H3,(H,29,32). The van der Waals surface area contributed by atoms with E-state index in [2.05, 4.69) is 34.3 Å². The third kappa shape index (κ3) is 5.85. The van der Waals surface area contributed by atoms with Gasteiger partial charge in [0.1, 0.15) is 10.6 Å². The SMILES string of the molecule is CN1CCN(c2cccc3nc(C(Cc4cccc(C#N)c4)NC(=O)OC(C)(C)C)sc23)CC1.